The number of nitrogens with zero attached hydrogens (tertiary/aromatic N) is 5. The van der Waals surface area contributed by atoms with E-state index in [0.29, 0.717) is 28.6 Å². The quantitative estimate of drug-likeness (QED) is 0.519. The first-order valence-electron chi connectivity index (χ1n) is 8.45. The van der Waals surface area contributed by atoms with Gasteiger partial charge in [0.2, 0.25) is 0 Å². The molecule has 5 rings (SSSR count). The van der Waals surface area contributed by atoms with Crippen molar-refractivity contribution in [2.75, 3.05) is 17.2 Å². The lowest BCUT2D eigenvalue weighted by Gasteiger charge is -2.36. The molecule has 0 unspecified atom stereocenters. The van der Waals surface area contributed by atoms with E-state index >= 15 is 0 Å². The number of hydrogen-bond acceptors (Lipinski definition) is 5. The summed E-state index contributed by atoms with van der Waals surface area (Å²) in [4.78, 5) is 13.8. The van der Waals surface area contributed by atoms with Gasteiger partial charge in [-0.2, -0.15) is 5.10 Å². The highest BCUT2D eigenvalue weighted by molar-refractivity contribution is 6.29. The number of nitrogen functional groups attached to an aromatic ring is 1. The van der Waals surface area contributed by atoms with E-state index in [1.807, 2.05) is 0 Å². The van der Waals surface area contributed by atoms with Gasteiger partial charge in [-0.1, -0.05) is 11.6 Å². The molecule has 4 aromatic rings. The fourth-order valence-corrected chi connectivity index (χ4v) is 3.80. The molecule has 0 saturated heterocycles. The van der Waals surface area contributed by atoms with Gasteiger partial charge >= 0.3 is 0 Å². The molecule has 0 saturated carbocycles. The summed E-state index contributed by atoms with van der Waals surface area (Å²) >= 11 is 6.11. The molecule has 0 spiro atoms. The van der Waals surface area contributed by atoms with Gasteiger partial charge in [-0.25, -0.2) is 18.9 Å². The third-order valence-electron chi connectivity index (χ3n) is 4.86. The molecule has 0 fully saturated rings. The number of aromatic amines is 1. The second-order valence-corrected chi connectivity index (χ2v) is 6.82. The van der Waals surface area contributed by atoms with E-state index in [0.717, 1.165) is 23.5 Å². The number of nitrogens with one attached hydrogen (secondary N) is 1. The Morgan fingerprint density at radius 3 is 3.04 bits per heavy atom. The van der Waals surface area contributed by atoms with Crippen LogP contribution in [0.2, 0.25) is 5.15 Å². The van der Waals surface area contributed by atoms with Gasteiger partial charge in [0.25, 0.3) is 0 Å². The first kappa shape index (κ1) is 16.1. The molecule has 0 radical (unpaired) electrons. The predicted molar refractivity (Wildman–Crippen MR) is 100 cm³/mol. The van der Waals surface area contributed by atoms with Crippen LogP contribution >= 0.6 is 11.6 Å². The molecule has 9 heteroatoms. The zero-order valence-corrected chi connectivity index (χ0v) is 14.9. The lowest BCUT2D eigenvalue weighted by Crippen LogP contribution is -2.37. The van der Waals surface area contributed by atoms with Crippen molar-refractivity contribution in [3.8, 4) is 0 Å². The van der Waals surface area contributed by atoms with Gasteiger partial charge < -0.3 is 15.6 Å². The molecule has 7 nitrogen and oxygen atoms in total. The minimum absolute atomic E-state index is 0.319. The highest BCUT2D eigenvalue weighted by atomic mass is 35.5. The maximum absolute atomic E-state index is 14.2. The van der Waals surface area contributed by atoms with Gasteiger partial charge in [-0.05, 0) is 18.2 Å². The molecule has 27 heavy (non-hydrogen) atoms. The van der Waals surface area contributed by atoms with Gasteiger partial charge in [0, 0.05) is 30.9 Å². The Balaban J connectivity index is 1.71. The molecular weight excluding hydrogens is 369 g/mol. The van der Waals surface area contributed by atoms with Gasteiger partial charge in [0.15, 0.2) is 0 Å². The van der Waals surface area contributed by atoms with Crippen molar-refractivity contribution in [1.82, 2.24) is 24.6 Å². The summed E-state index contributed by atoms with van der Waals surface area (Å²) in [6, 6.07) is 6.20. The second kappa shape index (κ2) is 5.95. The molecule has 4 aromatic heterocycles. The zero-order chi connectivity index (χ0) is 18.5. The van der Waals surface area contributed by atoms with Crippen LogP contribution < -0.4 is 10.6 Å². The van der Waals surface area contributed by atoms with Crippen molar-refractivity contribution < 1.29 is 4.39 Å². The van der Waals surface area contributed by atoms with Crippen molar-refractivity contribution in [3.63, 3.8) is 0 Å². The number of pyridine rings is 2. The third-order valence-corrected chi connectivity index (χ3v) is 5.07. The van der Waals surface area contributed by atoms with Crippen LogP contribution in [0.15, 0.2) is 43.0 Å². The van der Waals surface area contributed by atoms with Gasteiger partial charge in [0.05, 0.1) is 35.3 Å². The number of nitrogens with two attached hydrogens (primary N) is 1. The Labute approximate surface area is 158 Å². The predicted octanol–water partition coefficient (Wildman–Crippen LogP) is 2.98. The summed E-state index contributed by atoms with van der Waals surface area (Å²) in [5, 5.41) is 4.95. The van der Waals surface area contributed by atoms with E-state index in [-0.39, 0.29) is 11.9 Å². The number of anilines is 2. The first-order chi connectivity index (χ1) is 13.1. The van der Waals surface area contributed by atoms with Gasteiger partial charge in [-0.3, -0.25) is 0 Å². The van der Waals surface area contributed by atoms with Crippen molar-refractivity contribution in [2.24, 2.45) is 0 Å². The Bertz CT molecular complexity index is 1150. The zero-order valence-electron chi connectivity index (χ0n) is 14.1. The van der Waals surface area contributed by atoms with Crippen LogP contribution in [0.3, 0.4) is 0 Å². The van der Waals surface area contributed by atoms with Crippen LogP contribution in [-0.2, 0) is 6.42 Å². The van der Waals surface area contributed by atoms with E-state index in [4.69, 9.17) is 17.3 Å². The number of fused-ring (bicyclic) bond motifs is 2. The van der Waals surface area contributed by atoms with Crippen molar-refractivity contribution in [2.45, 2.75) is 12.5 Å². The third kappa shape index (κ3) is 2.52. The molecule has 5 heterocycles. The van der Waals surface area contributed by atoms with Crippen LogP contribution in [0.4, 0.5) is 15.8 Å². The number of halogens is 2. The minimum Gasteiger partial charge on any atom is -0.396 e. The lowest BCUT2D eigenvalue weighted by atomic mass is 9.98. The first-order valence-corrected chi connectivity index (χ1v) is 8.83. The normalized spacial score (nSPS) is 16.7. The van der Waals surface area contributed by atoms with E-state index in [9.17, 15) is 4.39 Å². The topological polar surface area (TPSA) is 88.1 Å². The highest BCUT2D eigenvalue weighted by Crippen LogP contribution is 2.39. The number of H-pyrrole nitrogens is 1. The van der Waals surface area contributed by atoms with Crippen molar-refractivity contribution in [3.05, 3.63) is 71.0 Å². The molecule has 0 aliphatic carbocycles. The molecule has 0 amide bonds. The minimum atomic E-state index is -0.327. The summed E-state index contributed by atoms with van der Waals surface area (Å²) in [5.41, 5.74) is 10.4. The van der Waals surface area contributed by atoms with Crippen LogP contribution in [-0.4, -0.2) is 31.1 Å². The molecule has 136 valence electrons. The van der Waals surface area contributed by atoms with E-state index in [1.54, 1.807) is 30.7 Å². The van der Waals surface area contributed by atoms with E-state index in [2.05, 4.69) is 25.0 Å². The summed E-state index contributed by atoms with van der Waals surface area (Å²) in [6.45, 7) is 0.681. The molecule has 0 aromatic carbocycles. The molecule has 3 N–H and O–H groups in total. The highest BCUT2D eigenvalue weighted by Gasteiger charge is 2.34. The molecule has 1 aliphatic heterocycles. The SMILES string of the molecule is Nc1cnc(Cl)cc1N1CCc2[nH]cnc2[C@H]1c1cc2c(F)cccn2n1. The Morgan fingerprint density at radius 2 is 2.19 bits per heavy atom. The Hall–Kier alpha value is -3.13. The smallest absolute Gasteiger partial charge is 0.148 e. The maximum atomic E-state index is 14.2. The van der Waals surface area contributed by atoms with Crippen molar-refractivity contribution in [1.29, 1.82) is 0 Å². The standard InChI is InChI=1S/C18H15ClFN7/c19-16-7-15(11(21)8-22-16)26-5-3-12-17(24-9-23-12)18(26)13-6-14-10(20)2-1-4-27(14)25-13/h1-2,4,6-9,18H,3,5,21H2,(H,23,24)/t18-/m1/s1. The average molecular weight is 384 g/mol. The lowest BCUT2D eigenvalue weighted by molar-refractivity contribution is 0.615. The van der Waals surface area contributed by atoms with Crippen molar-refractivity contribution >= 4 is 28.5 Å². The van der Waals surface area contributed by atoms with E-state index < -0.39 is 0 Å². The number of imidazole rings is 1. The van der Waals surface area contributed by atoms with Gasteiger partial charge in [-0.15, -0.1) is 0 Å². The molecule has 1 atom stereocenters. The second-order valence-electron chi connectivity index (χ2n) is 6.43. The van der Waals surface area contributed by atoms with Crippen LogP contribution in [0.25, 0.3) is 5.52 Å². The van der Waals surface area contributed by atoms with Crippen LogP contribution in [0, 0.1) is 5.82 Å². The largest absolute Gasteiger partial charge is 0.396 e. The van der Waals surface area contributed by atoms with E-state index in [1.165, 1.54) is 16.8 Å². The Morgan fingerprint density at radius 1 is 1.30 bits per heavy atom. The fraction of sp³-hybridized carbons (Fsp3) is 0.167. The van der Waals surface area contributed by atoms with Crippen LogP contribution in [0.5, 0.6) is 0 Å². The number of rotatable bonds is 2. The molecular formula is C18H15ClFN7. The number of aromatic nitrogens is 5. The summed E-state index contributed by atoms with van der Waals surface area (Å²) in [6.07, 6.45) is 5.70. The molecule has 0 bridgehead atoms. The van der Waals surface area contributed by atoms with Gasteiger partial charge in [0.1, 0.15) is 22.5 Å². The molecule has 1 aliphatic rings. The average Bonchev–Trinajstić information content (AvgIpc) is 3.30. The summed E-state index contributed by atoms with van der Waals surface area (Å²) in [5.74, 6) is -0.327. The maximum Gasteiger partial charge on any atom is 0.148 e. The number of hydrogen-bond donors (Lipinski definition) is 2. The Kier molecular flexibility index (Phi) is 3.54. The fourth-order valence-electron chi connectivity index (χ4n) is 3.65. The monoisotopic (exact) mass is 383 g/mol. The summed E-state index contributed by atoms with van der Waals surface area (Å²) < 4.78 is 15.7. The van der Waals surface area contributed by atoms with Crippen LogP contribution in [0.1, 0.15) is 23.1 Å². The summed E-state index contributed by atoms with van der Waals surface area (Å²) in [7, 11) is 0.